The molecule has 210 valence electrons. The van der Waals surface area contributed by atoms with E-state index in [4.69, 9.17) is 9.47 Å². The van der Waals surface area contributed by atoms with Crippen molar-refractivity contribution in [1.29, 1.82) is 0 Å². The molecule has 0 aromatic heterocycles. The first kappa shape index (κ1) is 26.6. The number of likely N-dealkylation sites (tertiary alicyclic amines) is 1. The quantitative estimate of drug-likeness (QED) is 0.537. The molecule has 1 saturated carbocycles. The van der Waals surface area contributed by atoms with Crippen LogP contribution >= 0.6 is 0 Å². The van der Waals surface area contributed by atoms with Crippen LogP contribution in [0, 0.1) is 0 Å². The Morgan fingerprint density at radius 3 is 2.10 bits per heavy atom. The second-order valence-corrected chi connectivity index (χ2v) is 13.7. The molecule has 2 aromatic carbocycles. The Balaban J connectivity index is 1.02. The number of nitrogens with zero attached hydrogens (tertiary/aromatic N) is 3. The summed E-state index contributed by atoms with van der Waals surface area (Å²) < 4.78 is 36.1. The summed E-state index contributed by atoms with van der Waals surface area (Å²) in [7, 11) is -3.28. The molecule has 0 atom stereocenters. The zero-order valence-electron chi connectivity index (χ0n) is 22.8. The molecule has 0 radical (unpaired) electrons. The van der Waals surface area contributed by atoms with Crippen molar-refractivity contribution in [2.75, 3.05) is 55.4 Å². The van der Waals surface area contributed by atoms with Gasteiger partial charge in [-0.1, -0.05) is 6.42 Å². The minimum absolute atomic E-state index is 0.0411. The third-order valence-electron chi connectivity index (χ3n) is 9.07. The molecular weight excluding hydrogens is 514 g/mol. The van der Waals surface area contributed by atoms with E-state index in [1.165, 1.54) is 31.2 Å². The molecule has 2 aromatic rings. The van der Waals surface area contributed by atoms with Crippen LogP contribution in [-0.2, 0) is 19.4 Å². The van der Waals surface area contributed by atoms with Crippen molar-refractivity contribution in [1.82, 2.24) is 4.90 Å². The summed E-state index contributed by atoms with van der Waals surface area (Å²) in [5, 5.41) is 0. The van der Waals surface area contributed by atoms with Crippen LogP contribution in [0.3, 0.4) is 0 Å². The highest BCUT2D eigenvalue weighted by molar-refractivity contribution is 7.90. The fourth-order valence-electron chi connectivity index (χ4n) is 6.34. The fourth-order valence-corrected chi connectivity index (χ4v) is 6.97. The molecular formula is C30H39N3O5S. The van der Waals surface area contributed by atoms with Gasteiger partial charge >= 0.3 is 0 Å². The van der Waals surface area contributed by atoms with Gasteiger partial charge < -0.3 is 24.2 Å². The number of piperidine rings is 2. The van der Waals surface area contributed by atoms with E-state index < -0.39 is 15.4 Å². The predicted octanol–water partition coefficient (Wildman–Crippen LogP) is 3.89. The van der Waals surface area contributed by atoms with Gasteiger partial charge in [0.05, 0.1) is 17.0 Å². The molecule has 8 nitrogen and oxygen atoms in total. The van der Waals surface area contributed by atoms with Gasteiger partial charge in [0.25, 0.3) is 5.91 Å². The first-order valence-electron chi connectivity index (χ1n) is 14.3. The van der Waals surface area contributed by atoms with E-state index in [9.17, 15) is 13.2 Å². The highest BCUT2D eigenvalue weighted by atomic mass is 32.2. The summed E-state index contributed by atoms with van der Waals surface area (Å²) in [5.74, 6) is 0.848. The van der Waals surface area contributed by atoms with E-state index in [-0.39, 0.29) is 17.4 Å². The summed E-state index contributed by atoms with van der Waals surface area (Å²) >= 11 is 0. The highest BCUT2D eigenvalue weighted by Crippen LogP contribution is 2.35. The van der Waals surface area contributed by atoms with E-state index in [0.29, 0.717) is 18.3 Å². The average Bonchev–Trinajstić information content (AvgIpc) is 2.91. The van der Waals surface area contributed by atoms with Gasteiger partial charge in [-0.15, -0.1) is 0 Å². The largest absolute Gasteiger partial charge is 0.490 e. The number of carbonyl (C=O) groups excluding carboxylic acids is 1. The second-order valence-electron chi connectivity index (χ2n) is 11.6. The maximum absolute atomic E-state index is 12.7. The molecule has 1 aliphatic carbocycles. The van der Waals surface area contributed by atoms with Crippen molar-refractivity contribution in [2.45, 2.75) is 67.6 Å². The molecule has 39 heavy (non-hydrogen) atoms. The van der Waals surface area contributed by atoms with E-state index >= 15 is 0 Å². The van der Waals surface area contributed by atoms with Crippen molar-refractivity contribution in [3.8, 4) is 5.75 Å². The first-order chi connectivity index (χ1) is 18.8. The normalized spacial score (nSPS) is 23.2. The molecule has 0 unspecified atom stereocenters. The van der Waals surface area contributed by atoms with Gasteiger partial charge in [-0.3, -0.25) is 4.79 Å². The predicted molar refractivity (Wildman–Crippen MR) is 151 cm³/mol. The van der Waals surface area contributed by atoms with E-state index in [1.54, 1.807) is 29.2 Å². The maximum Gasteiger partial charge on any atom is 0.253 e. The number of benzene rings is 2. The molecule has 0 N–H and O–H groups in total. The Morgan fingerprint density at radius 1 is 0.872 bits per heavy atom. The number of amides is 1. The van der Waals surface area contributed by atoms with Crippen LogP contribution in [0.5, 0.6) is 5.75 Å². The minimum Gasteiger partial charge on any atom is -0.490 e. The Morgan fingerprint density at radius 2 is 1.51 bits per heavy atom. The van der Waals surface area contributed by atoms with Crippen LogP contribution in [0.15, 0.2) is 53.4 Å². The van der Waals surface area contributed by atoms with E-state index in [0.717, 1.165) is 63.7 Å². The number of anilines is 2. The number of ether oxygens (including phenoxy) is 2. The number of hydrogen-bond acceptors (Lipinski definition) is 7. The van der Waals surface area contributed by atoms with Gasteiger partial charge in [0.1, 0.15) is 18.5 Å². The molecule has 1 spiro atoms. The van der Waals surface area contributed by atoms with Crippen molar-refractivity contribution in [3.63, 3.8) is 0 Å². The van der Waals surface area contributed by atoms with Gasteiger partial charge in [-0.25, -0.2) is 8.42 Å². The zero-order valence-corrected chi connectivity index (χ0v) is 23.6. The lowest BCUT2D eigenvalue weighted by Gasteiger charge is -2.47. The fraction of sp³-hybridized carbons (Fsp3) is 0.567. The molecule has 1 amide bonds. The van der Waals surface area contributed by atoms with Crippen LogP contribution in [0.25, 0.3) is 0 Å². The molecule has 3 heterocycles. The van der Waals surface area contributed by atoms with Gasteiger partial charge in [0.15, 0.2) is 9.84 Å². The van der Waals surface area contributed by atoms with Crippen molar-refractivity contribution >= 4 is 27.1 Å². The second kappa shape index (κ2) is 10.7. The van der Waals surface area contributed by atoms with E-state index in [2.05, 4.69) is 34.1 Å². The first-order valence-corrected chi connectivity index (χ1v) is 16.2. The molecule has 4 fully saturated rings. The van der Waals surface area contributed by atoms with Gasteiger partial charge in [0.2, 0.25) is 0 Å². The lowest BCUT2D eigenvalue weighted by atomic mass is 9.88. The number of hydrogen-bond donors (Lipinski definition) is 0. The molecule has 6 rings (SSSR count). The smallest absolute Gasteiger partial charge is 0.253 e. The maximum atomic E-state index is 12.7. The third kappa shape index (κ3) is 5.81. The standard InChI is InChI=1S/C30H39N3O5S/c1-39(35,36)28-11-7-25(8-12-28)33-22-30(37-21-29(33)34)15-19-32(20-16-30)24-5-9-26(10-6-24)38-27-13-17-31(18-14-27)23-3-2-4-23/h5-12,23,27H,2-4,13-22H2,1H3. The Hall–Kier alpha value is -2.62. The Kier molecular flexibility index (Phi) is 7.33. The van der Waals surface area contributed by atoms with E-state index in [1.807, 2.05) is 0 Å². The molecule has 9 heteroatoms. The zero-order chi connectivity index (χ0) is 27.0. The summed E-state index contributed by atoms with van der Waals surface area (Å²) in [6, 6.07) is 15.9. The Labute approximate surface area is 231 Å². The molecule has 3 aliphatic heterocycles. The van der Waals surface area contributed by atoms with Crippen molar-refractivity contribution < 1.29 is 22.7 Å². The van der Waals surface area contributed by atoms with Crippen molar-refractivity contribution in [3.05, 3.63) is 48.5 Å². The van der Waals surface area contributed by atoms with Crippen LogP contribution in [0.2, 0.25) is 0 Å². The summed E-state index contributed by atoms with van der Waals surface area (Å²) in [6.07, 6.45) is 9.46. The summed E-state index contributed by atoms with van der Waals surface area (Å²) in [4.78, 5) is 19.7. The van der Waals surface area contributed by atoms with Gasteiger partial charge in [-0.05, 0) is 87.1 Å². The third-order valence-corrected chi connectivity index (χ3v) is 10.2. The van der Waals surface area contributed by atoms with Crippen LogP contribution < -0.4 is 14.5 Å². The van der Waals surface area contributed by atoms with Gasteiger partial charge in [0, 0.05) is 49.9 Å². The monoisotopic (exact) mass is 553 g/mol. The minimum atomic E-state index is -3.28. The highest BCUT2D eigenvalue weighted by Gasteiger charge is 2.43. The Bertz CT molecular complexity index is 1260. The molecule has 4 aliphatic rings. The van der Waals surface area contributed by atoms with Crippen LogP contribution in [-0.4, -0.2) is 82.6 Å². The lowest BCUT2D eigenvalue weighted by Crippen LogP contribution is -2.59. The average molecular weight is 554 g/mol. The SMILES string of the molecule is CS(=O)(=O)c1ccc(N2CC3(CCN(c4ccc(OC5CCN(C6CCC6)CC5)cc4)CC3)OCC2=O)cc1. The topological polar surface area (TPSA) is 79.4 Å². The van der Waals surface area contributed by atoms with Crippen LogP contribution in [0.4, 0.5) is 11.4 Å². The summed E-state index contributed by atoms with van der Waals surface area (Å²) in [5.41, 5.74) is 1.50. The molecule has 0 bridgehead atoms. The van der Waals surface area contributed by atoms with Gasteiger partial charge in [-0.2, -0.15) is 0 Å². The number of carbonyl (C=O) groups is 1. The lowest BCUT2D eigenvalue weighted by molar-refractivity contribution is -0.141. The number of morpholine rings is 1. The number of rotatable bonds is 6. The van der Waals surface area contributed by atoms with Crippen LogP contribution in [0.1, 0.15) is 44.9 Å². The number of sulfone groups is 1. The summed E-state index contributed by atoms with van der Waals surface area (Å²) in [6.45, 7) is 4.51. The van der Waals surface area contributed by atoms with Crippen molar-refractivity contribution in [2.24, 2.45) is 0 Å². The molecule has 3 saturated heterocycles.